The van der Waals surface area contributed by atoms with Crippen LogP contribution >= 0.6 is 0 Å². The third-order valence-corrected chi connectivity index (χ3v) is 7.55. The van der Waals surface area contributed by atoms with Crippen LogP contribution in [-0.2, 0) is 0 Å². The van der Waals surface area contributed by atoms with Crippen molar-refractivity contribution in [1.29, 1.82) is 5.26 Å². The van der Waals surface area contributed by atoms with Crippen molar-refractivity contribution in [2.45, 2.75) is 59.9 Å². The van der Waals surface area contributed by atoms with E-state index in [0.29, 0.717) is 18.8 Å². The van der Waals surface area contributed by atoms with Crippen LogP contribution in [0.4, 0.5) is 0 Å². The number of pyridine rings is 1. The number of carboxylic acid groups (broad SMARTS) is 1. The van der Waals surface area contributed by atoms with Gasteiger partial charge in [-0.2, -0.15) is 5.26 Å². The standard InChI is InChI=1S/C29H35N3O4/c1-7-18(2)25-19(9-8-10-23(25)36-17-29(16-30)11-12-29)26-21-13-22(33)20(27(34)35)14-32(21)24(15-31(26)6)28(3,4)5/h8-10,13-14,24H,7,11-12,15,17H2,1-6H3,(H,34,35)/b25-18?,26-19-. The molecule has 0 bridgehead atoms. The summed E-state index contributed by atoms with van der Waals surface area (Å²) >= 11 is 0. The fourth-order valence-corrected chi connectivity index (χ4v) is 4.95. The van der Waals surface area contributed by atoms with Crippen LogP contribution in [0.3, 0.4) is 0 Å². The number of nitrogens with zero attached hydrogens (tertiary/aromatic N) is 3. The second kappa shape index (κ2) is 9.16. The van der Waals surface area contributed by atoms with E-state index in [1.165, 1.54) is 12.3 Å². The Bertz CT molecular complexity index is 1430. The Hall–Kier alpha value is -3.53. The molecule has 0 radical (unpaired) electrons. The zero-order chi connectivity index (χ0) is 26.4. The van der Waals surface area contributed by atoms with Crippen molar-refractivity contribution in [2.75, 3.05) is 20.2 Å². The number of ether oxygens (including phenoxy) is 1. The van der Waals surface area contributed by atoms with Crippen molar-refractivity contribution in [1.82, 2.24) is 9.47 Å². The van der Waals surface area contributed by atoms with Crippen molar-refractivity contribution >= 4 is 17.2 Å². The van der Waals surface area contributed by atoms with Crippen LogP contribution in [0, 0.1) is 22.2 Å². The topological polar surface area (TPSA) is 95.6 Å². The average molecular weight is 490 g/mol. The lowest BCUT2D eigenvalue weighted by molar-refractivity contribution is 0.0693. The summed E-state index contributed by atoms with van der Waals surface area (Å²) in [5, 5.41) is 21.1. The molecule has 2 aliphatic rings. The Kier molecular flexibility index (Phi) is 6.51. The van der Waals surface area contributed by atoms with Crippen molar-refractivity contribution in [2.24, 2.45) is 10.8 Å². The molecule has 0 spiro atoms. The van der Waals surface area contributed by atoms with Gasteiger partial charge in [0.1, 0.15) is 17.9 Å². The van der Waals surface area contributed by atoms with Crippen molar-refractivity contribution in [3.8, 4) is 11.8 Å². The summed E-state index contributed by atoms with van der Waals surface area (Å²) in [6.07, 6.45) is 4.02. The molecule has 1 aromatic heterocycles. The van der Waals surface area contributed by atoms with Crippen molar-refractivity contribution in [3.63, 3.8) is 0 Å². The number of aromatic nitrogens is 1. The minimum absolute atomic E-state index is 0.0376. The van der Waals surface area contributed by atoms with E-state index in [4.69, 9.17) is 4.74 Å². The first kappa shape index (κ1) is 25.6. The normalized spacial score (nSPS) is 20.8. The molecular formula is C29H35N3O4. The van der Waals surface area contributed by atoms with Crippen molar-refractivity contribution < 1.29 is 14.6 Å². The smallest absolute Gasteiger partial charge is 0.341 e. The van der Waals surface area contributed by atoms with E-state index in [1.54, 1.807) is 0 Å². The number of fused-ring (bicyclic) bond motifs is 1. The Morgan fingerprint density at radius 3 is 2.56 bits per heavy atom. The minimum Gasteiger partial charge on any atom is -0.491 e. The molecule has 0 amide bonds. The van der Waals surface area contributed by atoms with Gasteiger partial charge in [-0.1, -0.05) is 45.4 Å². The molecule has 1 unspecified atom stereocenters. The molecule has 36 heavy (non-hydrogen) atoms. The molecule has 190 valence electrons. The number of likely N-dealkylation sites (N-methyl/N-ethyl adjacent to an activating group) is 1. The lowest BCUT2D eigenvalue weighted by Crippen LogP contribution is -2.46. The zero-order valence-corrected chi connectivity index (χ0v) is 22.0. The lowest BCUT2D eigenvalue weighted by atomic mass is 9.84. The Morgan fingerprint density at radius 2 is 2.00 bits per heavy atom. The summed E-state index contributed by atoms with van der Waals surface area (Å²) in [5.41, 5.74) is 1.39. The van der Waals surface area contributed by atoms with Crippen LogP contribution in [0.1, 0.15) is 76.0 Å². The summed E-state index contributed by atoms with van der Waals surface area (Å²) in [6.45, 7) is 11.5. The van der Waals surface area contributed by atoms with Crippen LogP contribution in [0.2, 0.25) is 0 Å². The van der Waals surface area contributed by atoms with E-state index >= 15 is 0 Å². The number of nitriles is 1. The van der Waals surface area contributed by atoms with E-state index in [-0.39, 0.29) is 17.0 Å². The number of aromatic carboxylic acids is 1. The molecule has 4 rings (SSSR count). The first-order valence-corrected chi connectivity index (χ1v) is 12.5. The van der Waals surface area contributed by atoms with E-state index in [1.807, 2.05) is 29.8 Å². The molecule has 1 fully saturated rings. The minimum atomic E-state index is -1.22. The molecule has 1 N–H and O–H groups in total. The maximum atomic E-state index is 12.9. The predicted molar refractivity (Wildman–Crippen MR) is 139 cm³/mol. The average Bonchev–Trinajstić information content (AvgIpc) is 3.61. The second-order valence-electron chi connectivity index (χ2n) is 11.3. The number of hydrogen-bond donors (Lipinski definition) is 1. The molecule has 2 heterocycles. The van der Waals surface area contributed by atoms with Gasteiger partial charge in [0.05, 0.1) is 28.9 Å². The molecule has 1 aliphatic carbocycles. The maximum Gasteiger partial charge on any atom is 0.341 e. The lowest BCUT2D eigenvalue weighted by Gasteiger charge is -2.43. The van der Waals surface area contributed by atoms with Gasteiger partial charge < -0.3 is 19.3 Å². The first-order valence-electron chi connectivity index (χ1n) is 12.5. The molecule has 1 aliphatic heterocycles. The highest BCUT2D eigenvalue weighted by Gasteiger charge is 2.44. The SMILES string of the molecule is CCC(C)=c1c(OCC2(C#N)CC2)ccc/c1=C1\c2cc(=O)c(C(=O)O)cn2C(C(C)(C)C)CN1C. The number of hydrogen-bond acceptors (Lipinski definition) is 5. The summed E-state index contributed by atoms with van der Waals surface area (Å²) in [4.78, 5) is 26.9. The van der Waals surface area contributed by atoms with Gasteiger partial charge >= 0.3 is 5.97 Å². The fourth-order valence-electron chi connectivity index (χ4n) is 4.95. The van der Waals surface area contributed by atoms with Gasteiger partial charge in [0.25, 0.3) is 0 Å². The molecule has 0 saturated heterocycles. The van der Waals surface area contributed by atoms with Crippen LogP contribution in [-0.4, -0.2) is 40.7 Å². The third-order valence-electron chi connectivity index (χ3n) is 7.55. The summed E-state index contributed by atoms with van der Waals surface area (Å²) in [6, 6.07) is 9.72. The van der Waals surface area contributed by atoms with E-state index in [9.17, 15) is 20.0 Å². The first-order chi connectivity index (χ1) is 16.9. The highest BCUT2D eigenvalue weighted by molar-refractivity contribution is 5.87. The van der Waals surface area contributed by atoms with Gasteiger partial charge in [-0.05, 0) is 37.7 Å². The van der Waals surface area contributed by atoms with Gasteiger partial charge in [-0.15, -0.1) is 0 Å². The molecule has 1 atom stereocenters. The van der Waals surface area contributed by atoms with Crippen LogP contribution in [0.5, 0.6) is 5.75 Å². The number of benzene rings is 1. The molecule has 7 nitrogen and oxygen atoms in total. The van der Waals surface area contributed by atoms with Gasteiger partial charge in [0.2, 0.25) is 0 Å². The predicted octanol–water partition coefficient (Wildman–Crippen LogP) is 3.50. The van der Waals surface area contributed by atoms with Crippen LogP contribution < -0.4 is 20.6 Å². The van der Waals surface area contributed by atoms with Gasteiger partial charge in [-0.3, -0.25) is 4.79 Å². The molecule has 7 heteroatoms. The molecular weight excluding hydrogens is 454 g/mol. The molecule has 1 aromatic carbocycles. The van der Waals surface area contributed by atoms with Crippen LogP contribution in [0.15, 0.2) is 35.3 Å². The van der Waals surface area contributed by atoms with Crippen LogP contribution in [0.25, 0.3) is 11.3 Å². The highest BCUT2D eigenvalue weighted by Crippen LogP contribution is 2.45. The van der Waals surface area contributed by atoms with Gasteiger partial charge in [0.15, 0.2) is 5.43 Å². The van der Waals surface area contributed by atoms with E-state index < -0.39 is 16.8 Å². The fraction of sp³-hybridized carbons (Fsp3) is 0.483. The quantitative estimate of drug-likeness (QED) is 0.691. The summed E-state index contributed by atoms with van der Waals surface area (Å²) in [7, 11) is 2.01. The van der Waals surface area contributed by atoms with E-state index in [2.05, 4.69) is 45.6 Å². The van der Waals surface area contributed by atoms with Crippen molar-refractivity contribution in [3.05, 3.63) is 62.4 Å². The highest BCUT2D eigenvalue weighted by atomic mass is 16.5. The number of carboxylic acids is 1. The maximum absolute atomic E-state index is 12.9. The van der Waals surface area contributed by atoms with Gasteiger partial charge in [0, 0.05) is 36.3 Å². The van der Waals surface area contributed by atoms with Gasteiger partial charge in [-0.25, -0.2) is 4.79 Å². The molecule has 2 aromatic rings. The van der Waals surface area contributed by atoms with E-state index in [0.717, 1.165) is 46.7 Å². The Labute approximate surface area is 211 Å². The summed E-state index contributed by atoms with van der Waals surface area (Å²) in [5.74, 6) is -0.496. The monoisotopic (exact) mass is 489 g/mol. The second-order valence-corrected chi connectivity index (χ2v) is 11.3. The molecule has 1 saturated carbocycles. The third kappa shape index (κ3) is 4.53. The summed E-state index contributed by atoms with van der Waals surface area (Å²) < 4.78 is 8.23. The number of carbonyl (C=O) groups is 1. The Morgan fingerprint density at radius 1 is 1.31 bits per heavy atom. The largest absolute Gasteiger partial charge is 0.491 e. The Balaban J connectivity index is 2.05. The number of rotatable bonds is 5. The zero-order valence-electron chi connectivity index (χ0n) is 22.0.